The summed E-state index contributed by atoms with van der Waals surface area (Å²) in [6.07, 6.45) is -0.181. The van der Waals surface area contributed by atoms with Crippen LogP contribution in [0.2, 0.25) is 0 Å². The van der Waals surface area contributed by atoms with E-state index in [1.54, 1.807) is 6.92 Å². The van der Waals surface area contributed by atoms with Gasteiger partial charge < -0.3 is 20.4 Å². The van der Waals surface area contributed by atoms with Gasteiger partial charge >= 0.3 is 5.97 Å². The Labute approximate surface area is 127 Å². The lowest BCUT2D eigenvalue weighted by Gasteiger charge is -2.45. The van der Waals surface area contributed by atoms with Crippen LogP contribution in [-0.2, 0) is 14.4 Å². The van der Waals surface area contributed by atoms with Gasteiger partial charge in [-0.25, -0.2) is 4.79 Å². The zero-order valence-corrected chi connectivity index (χ0v) is 12.8. The number of nitrogens with one attached hydrogen (secondary N) is 1. The van der Waals surface area contributed by atoms with Gasteiger partial charge in [0, 0.05) is 30.5 Å². The lowest BCUT2D eigenvalue weighted by molar-refractivity contribution is -0.169. The highest BCUT2D eigenvalue weighted by atomic mass is 32.2. The lowest BCUT2D eigenvalue weighted by atomic mass is 9.84. The Hall–Kier alpha value is -1.28. The first-order valence-electron chi connectivity index (χ1n) is 6.93. The van der Waals surface area contributed by atoms with Gasteiger partial charge in [0.05, 0.1) is 12.0 Å². The van der Waals surface area contributed by atoms with Crippen molar-refractivity contribution in [3.63, 3.8) is 0 Å². The van der Waals surface area contributed by atoms with E-state index in [1.165, 1.54) is 23.6 Å². The molecule has 2 heterocycles. The van der Waals surface area contributed by atoms with Crippen LogP contribution in [0.4, 0.5) is 0 Å². The van der Waals surface area contributed by atoms with Crippen molar-refractivity contribution in [3.8, 4) is 0 Å². The van der Waals surface area contributed by atoms with Crippen molar-refractivity contribution < 1.29 is 24.6 Å². The molecule has 8 heteroatoms. The number of β-lactam (4-membered cyclic amide) rings is 1. The van der Waals surface area contributed by atoms with Crippen LogP contribution in [0.5, 0.6) is 0 Å². The van der Waals surface area contributed by atoms with Gasteiger partial charge in [-0.2, -0.15) is 11.8 Å². The van der Waals surface area contributed by atoms with Crippen LogP contribution < -0.4 is 5.32 Å². The summed E-state index contributed by atoms with van der Waals surface area (Å²) in [6.45, 7) is 3.46. The van der Waals surface area contributed by atoms with Crippen LogP contribution >= 0.6 is 11.8 Å². The molecule has 2 saturated heterocycles. The van der Waals surface area contributed by atoms with Gasteiger partial charge in [-0.1, -0.05) is 0 Å². The Kier molecular flexibility index (Phi) is 4.77. The van der Waals surface area contributed by atoms with E-state index in [0.717, 1.165) is 0 Å². The second kappa shape index (κ2) is 6.23. The van der Waals surface area contributed by atoms with Crippen LogP contribution in [0.15, 0.2) is 0 Å². The molecular formula is C13H20N2O5S. The van der Waals surface area contributed by atoms with E-state index in [1.807, 2.05) is 0 Å². The number of rotatable bonds is 6. The zero-order valence-electron chi connectivity index (χ0n) is 12.0. The number of nitrogens with zero attached hydrogens (tertiary/aromatic N) is 1. The summed E-state index contributed by atoms with van der Waals surface area (Å²) in [5.41, 5.74) is 0. The largest absolute Gasteiger partial charge is 0.480 e. The summed E-state index contributed by atoms with van der Waals surface area (Å²) in [4.78, 5) is 35.6. The van der Waals surface area contributed by atoms with Crippen molar-refractivity contribution >= 4 is 29.5 Å². The predicted molar refractivity (Wildman–Crippen MR) is 76.8 cm³/mol. The number of carbonyl (C=O) groups excluding carboxylic acids is 2. The van der Waals surface area contributed by atoms with E-state index in [-0.39, 0.29) is 23.1 Å². The highest BCUT2D eigenvalue weighted by molar-refractivity contribution is 8.00. The number of aliphatic hydroxyl groups is 1. The van der Waals surface area contributed by atoms with Gasteiger partial charge in [0.2, 0.25) is 11.8 Å². The molecule has 0 saturated carbocycles. The smallest absolute Gasteiger partial charge is 0.327 e. The SMILES string of the molecule is CC(=O)NCCS[C@H]1C[C@@H]2[C@H]([C@H](C)O)C(=O)N2[C@H]1C(=O)O. The molecule has 7 nitrogen and oxygen atoms in total. The molecule has 0 aliphatic carbocycles. The second-order valence-corrected chi connectivity index (χ2v) is 6.84. The van der Waals surface area contributed by atoms with Gasteiger partial charge in [-0.15, -0.1) is 0 Å². The molecule has 2 fully saturated rings. The summed E-state index contributed by atoms with van der Waals surface area (Å²) >= 11 is 1.45. The molecular weight excluding hydrogens is 296 g/mol. The molecule has 0 aromatic heterocycles. The minimum atomic E-state index is -1.01. The van der Waals surface area contributed by atoms with Crippen molar-refractivity contribution in [2.75, 3.05) is 12.3 Å². The first-order valence-corrected chi connectivity index (χ1v) is 7.98. The first kappa shape index (κ1) is 16.1. The number of carboxylic acids is 1. The number of aliphatic hydroxyl groups excluding tert-OH is 1. The van der Waals surface area contributed by atoms with Crippen LogP contribution in [0, 0.1) is 5.92 Å². The molecule has 21 heavy (non-hydrogen) atoms. The standard InChI is InChI=1S/C13H20N2O5S/c1-6(16)10-8-5-9(21-4-3-14-7(2)17)11(13(19)20)15(8)12(10)18/h6,8-11,16H,3-5H2,1-2H3,(H,14,17)(H,19,20)/t6-,8+,9-,10-,11+/m0/s1. The normalized spacial score (nSPS) is 32.3. The summed E-state index contributed by atoms with van der Waals surface area (Å²) in [5.74, 6) is -1.28. The third-order valence-corrected chi connectivity index (χ3v) is 5.34. The van der Waals surface area contributed by atoms with Gasteiger partial charge in [0.1, 0.15) is 6.04 Å². The molecule has 118 valence electrons. The molecule has 0 radical (unpaired) electrons. The van der Waals surface area contributed by atoms with Crippen molar-refractivity contribution in [1.29, 1.82) is 0 Å². The number of fused-ring (bicyclic) bond motifs is 1. The molecule has 2 aliphatic heterocycles. The maximum atomic E-state index is 12.0. The molecule has 0 aromatic carbocycles. The van der Waals surface area contributed by atoms with Gasteiger partial charge in [0.25, 0.3) is 0 Å². The van der Waals surface area contributed by atoms with Crippen molar-refractivity contribution in [3.05, 3.63) is 0 Å². The number of hydrogen-bond acceptors (Lipinski definition) is 5. The number of aliphatic carboxylic acids is 1. The van der Waals surface area contributed by atoms with E-state index in [0.29, 0.717) is 18.7 Å². The number of carbonyl (C=O) groups is 3. The molecule has 3 N–H and O–H groups in total. The van der Waals surface area contributed by atoms with Crippen molar-refractivity contribution in [2.45, 2.75) is 43.7 Å². The Morgan fingerprint density at radius 1 is 1.52 bits per heavy atom. The summed E-state index contributed by atoms with van der Waals surface area (Å²) < 4.78 is 0. The predicted octanol–water partition coefficient (Wildman–Crippen LogP) is -0.711. The van der Waals surface area contributed by atoms with Crippen LogP contribution in [0.1, 0.15) is 20.3 Å². The summed E-state index contributed by atoms with van der Waals surface area (Å²) in [5, 5.41) is 21.4. The van der Waals surface area contributed by atoms with Crippen LogP contribution in [0.3, 0.4) is 0 Å². The third kappa shape index (κ3) is 3.01. The Balaban J connectivity index is 1.97. The average molecular weight is 316 g/mol. The highest BCUT2D eigenvalue weighted by Gasteiger charge is 2.61. The molecule has 0 spiro atoms. The molecule has 0 aromatic rings. The highest BCUT2D eigenvalue weighted by Crippen LogP contribution is 2.45. The van der Waals surface area contributed by atoms with Crippen LogP contribution in [-0.4, -0.2) is 68.6 Å². The van der Waals surface area contributed by atoms with E-state index in [4.69, 9.17) is 0 Å². The zero-order chi connectivity index (χ0) is 15.7. The average Bonchev–Trinajstić information content (AvgIpc) is 2.68. The minimum absolute atomic E-state index is 0.120. The second-order valence-electron chi connectivity index (χ2n) is 5.49. The summed E-state index contributed by atoms with van der Waals surface area (Å²) in [7, 11) is 0. The number of amides is 2. The molecule has 2 amide bonds. The minimum Gasteiger partial charge on any atom is -0.480 e. The topological polar surface area (TPSA) is 107 Å². The molecule has 2 aliphatic rings. The van der Waals surface area contributed by atoms with E-state index >= 15 is 0 Å². The molecule has 0 bridgehead atoms. The van der Waals surface area contributed by atoms with Crippen molar-refractivity contribution in [1.82, 2.24) is 10.2 Å². The Morgan fingerprint density at radius 2 is 2.19 bits per heavy atom. The fourth-order valence-corrected chi connectivity index (χ4v) is 4.43. The molecule has 5 atom stereocenters. The van der Waals surface area contributed by atoms with E-state index in [2.05, 4.69) is 5.32 Å². The maximum Gasteiger partial charge on any atom is 0.327 e. The molecule has 0 unspecified atom stereocenters. The van der Waals surface area contributed by atoms with Gasteiger partial charge in [0.15, 0.2) is 0 Å². The van der Waals surface area contributed by atoms with Gasteiger partial charge in [-0.05, 0) is 13.3 Å². The number of hydrogen-bond donors (Lipinski definition) is 3. The summed E-state index contributed by atoms with van der Waals surface area (Å²) in [6, 6.07) is -1.02. The quantitative estimate of drug-likeness (QED) is 0.441. The monoisotopic (exact) mass is 316 g/mol. The Bertz CT molecular complexity index is 456. The van der Waals surface area contributed by atoms with E-state index < -0.39 is 24.0 Å². The fraction of sp³-hybridized carbons (Fsp3) is 0.769. The lowest BCUT2D eigenvalue weighted by Crippen LogP contribution is -2.64. The van der Waals surface area contributed by atoms with Crippen molar-refractivity contribution in [2.24, 2.45) is 5.92 Å². The number of carboxylic acid groups (broad SMARTS) is 1. The number of thioether (sulfide) groups is 1. The first-order chi connectivity index (χ1) is 9.84. The van der Waals surface area contributed by atoms with Gasteiger partial charge in [-0.3, -0.25) is 9.59 Å². The third-order valence-electron chi connectivity index (χ3n) is 4.02. The molecule has 2 rings (SSSR count). The van der Waals surface area contributed by atoms with Crippen LogP contribution in [0.25, 0.3) is 0 Å². The van der Waals surface area contributed by atoms with E-state index in [9.17, 15) is 24.6 Å². The Morgan fingerprint density at radius 3 is 2.71 bits per heavy atom. The maximum absolute atomic E-state index is 12.0. The fourth-order valence-electron chi connectivity index (χ4n) is 3.14.